The molecule has 0 radical (unpaired) electrons. The fourth-order valence-electron chi connectivity index (χ4n) is 10.5. The number of fused-ring (bicyclic) bond motifs is 7. The van der Waals surface area contributed by atoms with Crippen molar-refractivity contribution in [1.82, 2.24) is 9.88 Å². The van der Waals surface area contributed by atoms with E-state index in [0.717, 1.165) is 56.3 Å². The lowest BCUT2D eigenvalue weighted by molar-refractivity contribution is 0.332. The van der Waals surface area contributed by atoms with E-state index >= 15 is 0 Å². The standard InChI is InChI=1S/C61H50N4/c1-60(2)31-32-61(3,4)54-38-55-52(37-53(54)60)51-30-27-42-20-13-14-22-50(42)56(51)65(55)49-28-25-43(26-29-49)57-62-58(45-24-23-41-19-11-12-21-44(41)33-45)64-59(63-57)48-35-46(39-15-7-5-8-16-39)34-47(36-48)40-17-9-6-10-18-40/h5-30,33-38,57H,31-32H2,1-4H3,(H,62,63,64). The maximum atomic E-state index is 5.45. The molecule has 0 amide bonds. The van der Waals surface area contributed by atoms with Crippen LogP contribution in [-0.4, -0.2) is 16.2 Å². The summed E-state index contributed by atoms with van der Waals surface area (Å²) >= 11 is 0. The Balaban J connectivity index is 1.03. The Morgan fingerprint density at radius 2 is 0.985 bits per heavy atom. The summed E-state index contributed by atoms with van der Waals surface area (Å²) in [7, 11) is 0. The quantitative estimate of drug-likeness (QED) is 0.178. The van der Waals surface area contributed by atoms with Crippen molar-refractivity contribution in [3.05, 3.63) is 222 Å². The third-order valence-corrected chi connectivity index (χ3v) is 14.3. The number of nitrogens with one attached hydrogen (secondary N) is 1. The van der Waals surface area contributed by atoms with Crippen LogP contribution in [-0.2, 0) is 10.8 Å². The van der Waals surface area contributed by atoms with Crippen molar-refractivity contribution in [2.24, 2.45) is 9.98 Å². The van der Waals surface area contributed by atoms with Crippen LogP contribution in [0.5, 0.6) is 0 Å². The normalized spacial score (nSPS) is 16.6. The molecule has 1 aliphatic carbocycles. The Kier molecular flexibility index (Phi) is 9.03. The van der Waals surface area contributed by atoms with Gasteiger partial charge in [0.15, 0.2) is 6.17 Å². The molecule has 1 atom stereocenters. The van der Waals surface area contributed by atoms with Crippen LogP contribution in [0, 0.1) is 0 Å². The lowest BCUT2D eigenvalue weighted by Gasteiger charge is -2.42. The second-order valence-corrected chi connectivity index (χ2v) is 19.3. The molecule has 0 fully saturated rings. The van der Waals surface area contributed by atoms with Gasteiger partial charge in [-0.05, 0) is 127 Å². The summed E-state index contributed by atoms with van der Waals surface area (Å²) in [5.41, 5.74) is 14.4. The molecular formula is C61H50N4. The molecule has 0 saturated carbocycles. The maximum absolute atomic E-state index is 5.45. The Hall–Kier alpha value is -7.56. The van der Waals surface area contributed by atoms with Crippen molar-refractivity contribution in [2.75, 3.05) is 0 Å². The van der Waals surface area contributed by atoms with Gasteiger partial charge >= 0.3 is 0 Å². The molecule has 1 aliphatic heterocycles. The molecule has 1 N–H and O–H groups in total. The van der Waals surface area contributed by atoms with Gasteiger partial charge in [0.1, 0.15) is 11.7 Å². The van der Waals surface area contributed by atoms with E-state index in [-0.39, 0.29) is 10.8 Å². The van der Waals surface area contributed by atoms with Gasteiger partial charge in [-0.15, -0.1) is 0 Å². The van der Waals surface area contributed by atoms with Crippen molar-refractivity contribution in [2.45, 2.75) is 57.5 Å². The predicted octanol–water partition coefficient (Wildman–Crippen LogP) is 15.3. The van der Waals surface area contributed by atoms with Gasteiger partial charge < -0.3 is 9.88 Å². The zero-order valence-electron chi connectivity index (χ0n) is 37.3. The van der Waals surface area contributed by atoms with Gasteiger partial charge in [0.25, 0.3) is 0 Å². The lowest BCUT2D eigenvalue weighted by atomic mass is 9.63. The largest absolute Gasteiger partial charge is 0.324 e. The fraction of sp³-hybridized carbons (Fsp3) is 0.148. The molecule has 12 rings (SSSR count). The van der Waals surface area contributed by atoms with Crippen LogP contribution >= 0.6 is 0 Å². The number of hydrogen-bond donors (Lipinski definition) is 1. The number of aromatic nitrogens is 1. The van der Waals surface area contributed by atoms with Crippen molar-refractivity contribution >= 4 is 55.0 Å². The molecule has 9 aromatic carbocycles. The maximum Gasteiger partial charge on any atom is 0.169 e. The van der Waals surface area contributed by atoms with Crippen LogP contribution in [0.2, 0.25) is 0 Å². The Morgan fingerprint density at radius 3 is 1.66 bits per heavy atom. The van der Waals surface area contributed by atoms with E-state index in [1.54, 1.807) is 0 Å². The van der Waals surface area contributed by atoms with Gasteiger partial charge in [0.2, 0.25) is 0 Å². The van der Waals surface area contributed by atoms with Crippen molar-refractivity contribution in [3.8, 4) is 27.9 Å². The number of benzene rings is 9. The van der Waals surface area contributed by atoms with E-state index in [0.29, 0.717) is 0 Å². The molecule has 1 unspecified atom stereocenters. The zero-order chi connectivity index (χ0) is 43.9. The molecule has 314 valence electrons. The van der Waals surface area contributed by atoms with Crippen LogP contribution < -0.4 is 5.32 Å². The minimum Gasteiger partial charge on any atom is -0.324 e. The first-order chi connectivity index (χ1) is 31.7. The van der Waals surface area contributed by atoms with Gasteiger partial charge in [-0.25, -0.2) is 9.98 Å². The van der Waals surface area contributed by atoms with Crippen LogP contribution in [0.4, 0.5) is 0 Å². The van der Waals surface area contributed by atoms with E-state index in [9.17, 15) is 0 Å². The first-order valence-electron chi connectivity index (χ1n) is 23.0. The van der Waals surface area contributed by atoms with Gasteiger partial charge in [-0.2, -0.15) is 0 Å². The second kappa shape index (κ2) is 15.0. The molecule has 2 heterocycles. The lowest BCUT2D eigenvalue weighted by Crippen LogP contribution is -2.36. The van der Waals surface area contributed by atoms with Gasteiger partial charge in [0, 0.05) is 33.0 Å². The molecule has 0 spiro atoms. The number of nitrogens with zero attached hydrogens (tertiary/aromatic N) is 3. The third-order valence-electron chi connectivity index (χ3n) is 14.3. The summed E-state index contributed by atoms with van der Waals surface area (Å²) in [5, 5.41) is 11.2. The molecular weight excluding hydrogens is 789 g/mol. The van der Waals surface area contributed by atoms with Crippen molar-refractivity contribution < 1.29 is 0 Å². The summed E-state index contributed by atoms with van der Waals surface area (Å²) in [6.45, 7) is 9.69. The van der Waals surface area contributed by atoms with Gasteiger partial charge in [0.05, 0.1) is 11.0 Å². The SMILES string of the molecule is CC1(C)CCC(C)(C)c2cc3c(cc21)c1ccc2ccccc2c1n3-c1ccc(C2N=C(c3cc(-c4ccccc4)cc(-c4ccccc4)c3)NC(c3ccc4ccccc4c3)=N2)cc1. The highest BCUT2D eigenvalue weighted by atomic mass is 15.2. The highest BCUT2D eigenvalue weighted by Gasteiger charge is 2.38. The molecule has 0 bridgehead atoms. The summed E-state index contributed by atoms with van der Waals surface area (Å²) in [5.74, 6) is 1.58. The predicted molar refractivity (Wildman–Crippen MR) is 274 cm³/mol. The molecule has 0 saturated heterocycles. The summed E-state index contributed by atoms with van der Waals surface area (Å²) in [6.07, 6.45) is 1.87. The number of amidine groups is 2. The topological polar surface area (TPSA) is 41.7 Å². The molecule has 4 nitrogen and oxygen atoms in total. The average molecular weight is 839 g/mol. The highest BCUT2D eigenvalue weighted by molar-refractivity contribution is 6.19. The number of aliphatic imine (C=N–C) groups is 2. The number of hydrogen-bond acceptors (Lipinski definition) is 3. The Labute approximate surface area is 380 Å². The van der Waals surface area contributed by atoms with E-state index in [1.165, 1.54) is 67.3 Å². The van der Waals surface area contributed by atoms with Gasteiger partial charge in [-0.1, -0.05) is 173 Å². The van der Waals surface area contributed by atoms with Crippen LogP contribution in [0.3, 0.4) is 0 Å². The van der Waals surface area contributed by atoms with E-state index in [2.05, 4.69) is 232 Å². The Bertz CT molecular complexity index is 3500. The van der Waals surface area contributed by atoms with Crippen LogP contribution in [0.1, 0.15) is 74.5 Å². The van der Waals surface area contributed by atoms with Crippen LogP contribution in [0.15, 0.2) is 204 Å². The smallest absolute Gasteiger partial charge is 0.169 e. The summed E-state index contributed by atoms with van der Waals surface area (Å²) in [4.78, 5) is 10.8. The molecule has 1 aromatic heterocycles. The van der Waals surface area contributed by atoms with Crippen molar-refractivity contribution in [3.63, 3.8) is 0 Å². The second-order valence-electron chi connectivity index (χ2n) is 19.3. The van der Waals surface area contributed by atoms with E-state index in [1.807, 2.05) is 0 Å². The fourth-order valence-corrected chi connectivity index (χ4v) is 10.5. The minimum absolute atomic E-state index is 0.0835. The molecule has 2 aliphatic rings. The zero-order valence-corrected chi connectivity index (χ0v) is 37.3. The molecule has 65 heavy (non-hydrogen) atoms. The van der Waals surface area contributed by atoms with E-state index < -0.39 is 6.17 Å². The number of rotatable bonds is 6. The monoisotopic (exact) mass is 838 g/mol. The van der Waals surface area contributed by atoms with Gasteiger partial charge in [-0.3, -0.25) is 0 Å². The minimum atomic E-state index is -0.476. The van der Waals surface area contributed by atoms with Crippen molar-refractivity contribution in [1.29, 1.82) is 0 Å². The van der Waals surface area contributed by atoms with E-state index in [4.69, 9.17) is 9.98 Å². The first kappa shape index (κ1) is 39.1. The molecule has 10 aromatic rings. The molecule has 4 heteroatoms. The average Bonchev–Trinajstić information content (AvgIpc) is 3.69. The highest BCUT2D eigenvalue weighted by Crippen LogP contribution is 2.49. The first-order valence-corrected chi connectivity index (χ1v) is 23.0. The Morgan fingerprint density at radius 1 is 0.431 bits per heavy atom. The third kappa shape index (κ3) is 6.75. The van der Waals surface area contributed by atoms with Crippen LogP contribution in [0.25, 0.3) is 71.3 Å². The summed E-state index contributed by atoms with van der Waals surface area (Å²) < 4.78 is 2.51. The summed E-state index contributed by atoms with van der Waals surface area (Å²) in [6, 6.07) is 70.6.